The minimum Gasteiger partial charge on any atom is -0.353 e. The fourth-order valence-corrected chi connectivity index (χ4v) is 3.99. The first-order valence-electron chi connectivity index (χ1n) is 8.40. The fraction of sp³-hybridized carbons (Fsp3) is 0.500. The first kappa shape index (κ1) is 16.9. The maximum Gasteiger partial charge on any atom is 0.264 e. The summed E-state index contributed by atoms with van der Waals surface area (Å²) in [5.41, 5.74) is 2.28. The van der Waals surface area contributed by atoms with E-state index in [0.29, 0.717) is 5.92 Å². The standard InChI is InChI=1S/C18H24N4OS/c1-12(2)16-13(3)19-14(4)20-17(16)21-7-9-22(10-8-21)18(23)15-6-5-11-24-15/h5-6,11-12H,7-10H2,1-4H3. The lowest BCUT2D eigenvalue weighted by Gasteiger charge is -2.36. The van der Waals surface area contributed by atoms with E-state index in [9.17, 15) is 4.79 Å². The Hall–Kier alpha value is -1.95. The zero-order chi connectivity index (χ0) is 17.3. The predicted molar refractivity (Wildman–Crippen MR) is 98.0 cm³/mol. The van der Waals surface area contributed by atoms with Gasteiger partial charge in [0.05, 0.1) is 4.88 Å². The second-order valence-electron chi connectivity index (χ2n) is 6.50. The van der Waals surface area contributed by atoms with Crippen molar-refractivity contribution >= 4 is 23.1 Å². The van der Waals surface area contributed by atoms with Crippen LogP contribution < -0.4 is 4.90 Å². The van der Waals surface area contributed by atoms with Crippen LogP contribution in [0.3, 0.4) is 0 Å². The van der Waals surface area contributed by atoms with E-state index in [4.69, 9.17) is 4.98 Å². The van der Waals surface area contributed by atoms with Gasteiger partial charge in [-0.2, -0.15) is 0 Å². The predicted octanol–water partition coefficient (Wildman–Crippen LogP) is 3.24. The number of carbonyl (C=O) groups excluding carboxylic acids is 1. The Labute approximate surface area is 147 Å². The van der Waals surface area contributed by atoms with E-state index in [1.54, 1.807) is 0 Å². The Bertz CT molecular complexity index is 719. The summed E-state index contributed by atoms with van der Waals surface area (Å²) >= 11 is 1.51. The van der Waals surface area contributed by atoms with E-state index < -0.39 is 0 Å². The third kappa shape index (κ3) is 3.29. The first-order valence-corrected chi connectivity index (χ1v) is 9.28. The molecule has 1 aliphatic heterocycles. The quantitative estimate of drug-likeness (QED) is 0.858. The molecule has 0 aliphatic carbocycles. The monoisotopic (exact) mass is 344 g/mol. The van der Waals surface area contributed by atoms with Crippen LogP contribution in [0.25, 0.3) is 0 Å². The lowest BCUT2D eigenvalue weighted by atomic mass is 10.0. The van der Waals surface area contributed by atoms with E-state index >= 15 is 0 Å². The molecular formula is C18H24N4OS. The zero-order valence-corrected chi connectivity index (χ0v) is 15.6. The van der Waals surface area contributed by atoms with Gasteiger partial charge in [0.1, 0.15) is 11.6 Å². The number of anilines is 1. The molecular weight excluding hydrogens is 320 g/mol. The molecule has 0 spiro atoms. The minimum atomic E-state index is 0.142. The number of thiophene rings is 1. The number of carbonyl (C=O) groups is 1. The SMILES string of the molecule is Cc1nc(C)c(C(C)C)c(N2CCN(C(=O)c3cccs3)CC2)n1. The Morgan fingerprint density at radius 3 is 2.46 bits per heavy atom. The Kier molecular flexibility index (Phi) is 4.85. The largest absolute Gasteiger partial charge is 0.353 e. The molecule has 1 fully saturated rings. The average molecular weight is 344 g/mol. The lowest BCUT2D eigenvalue weighted by Crippen LogP contribution is -2.49. The molecule has 0 bridgehead atoms. The van der Waals surface area contributed by atoms with Gasteiger partial charge in [0.2, 0.25) is 0 Å². The molecule has 0 atom stereocenters. The van der Waals surface area contributed by atoms with Crippen LogP contribution in [0.5, 0.6) is 0 Å². The summed E-state index contributed by atoms with van der Waals surface area (Å²) in [6.07, 6.45) is 0. The molecule has 128 valence electrons. The molecule has 0 unspecified atom stereocenters. The maximum atomic E-state index is 12.5. The van der Waals surface area contributed by atoms with Crippen LogP contribution >= 0.6 is 11.3 Å². The van der Waals surface area contributed by atoms with Gasteiger partial charge < -0.3 is 9.80 Å². The average Bonchev–Trinajstić information content (AvgIpc) is 3.07. The Balaban J connectivity index is 1.77. The van der Waals surface area contributed by atoms with E-state index in [0.717, 1.165) is 48.4 Å². The molecule has 6 heteroatoms. The minimum absolute atomic E-state index is 0.142. The second-order valence-corrected chi connectivity index (χ2v) is 7.45. The topological polar surface area (TPSA) is 49.3 Å². The molecule has 0 N–H and O–H groups in total. The highest BCUT2D eigenvalue weighted by molar-refractivity contribution is 7.12. The number of aromatic nitrogens is 2. The highest BCUT2D eigenvalue weighted by Crippen LogP contribution is 2.29. The third-order valence-electron chi connectivity index (χ3n) is 4.40. The van der Waals surface area contributed by atoms with Gasteiger partial charge in [-0.3, -0.25) is 4.79 Å². The lowest BCUT2D eigenvalue weighted by molar-refractivity contribution is 0.0751. The Morgan fingerprint density at radius 2 is 1.88 bits per heavy atom. The van der Waals surface area contributed by atoms with E-state index in [1.165, 1.54) is 16.9 Å². The summed E-state index contributed by atoms with van der Waals surface area (Å²) in [7, 11) is 0. The highest BCUT2D eigenvalue weighted by Gasteiger charge is 2.26. The van der Waals surface area contributed by atoms with Crippen LogP contribution in [0.1, 0.15) is 46.5 Å². The number of amides is 1. The van der Waals surface area contributed by atoms with Gasteiger partial charge in [-0.05, 0) is 31.2 Å². The number of rotatable bonds is 3. The first-order chi connectivity index (χ1) is 11.5. The van der Waals surface area contributed by atoms with Crippen LogP contribution in [-0.4, -0.2) is 47.0 Å². The number of aryl methyl sites for hydroxylation is 2. The van der Waals surface area contributed by atoms with Gasteiger partial charge >= 0.3 is 0 Å². The van der Waals surface area contributed by atoms with Crippen molar-refractivity contribution in [1.29, 1.82) is 0 Å². The highest BCUT2D eigenvalue weighted by atomic mass is 32.1. The van der Waals surface area contributed by atoms with E-state index in [-0.39, 0.29) is 5.91 Å². The normalized spacial score (nSPS) is 15.2. The summed E-state index contributed by atoms with van der Waals surface area (Å²) in [5.74, 6) is 2.37. The molecule has 5 nitrogen and oxygen atoms in total. The molecule has 0 radical (unpaired) electrons. The molecule has 1 saturated heterocycles. The molecule has 0 saturated carbocycles. The van der Waals surface area contributed by atoms with Gasteiger partial charge in [0.15, 0.2) is 0 Å². The van der Waals surface area contributed by atoms with Gasteiger partial charge in [-0.25, -0.2) is 9.97 Å². The Morgan fingerprint density at radius 1 is 1.17 bits per heavy atom. The summed E-state index contributed by atoms with van der Waals surface area (Å²) in [4.78, 5) is 26.8. The van der Waals surface area contributed by atoms with E-state index in [1.807, 2.05) is 29.3 Å². The fourth-order valence-electron chi connectivity index (χ4n) is 3.30. The molecule has 1 aliphatic rings. The van der Waals surface area contributed by atoms with Crippen molar-refractivity contribution in [2.45, 2.75) is 33.6 Å². The van der Waals surface area contributed by atoms with Gasteiger partial charge in [0.25, 0.3) is 5.91 Å². The molecule has 3 rings (SSSR count). The number of hydrogen-bond acceptors (Lipinski definition) is 5. The van der Waals surface area contributed by atoms with Crippen molar-refractivity contribution in [3.8, 4) is 0 Å². The van der Waals surface area contributed by atoms with Crippen LogP contribution in [0.4, 0.5) is 5.82 Å². The van der Waals surface area contributed by atoms with Crippen LogP contribution in [-0.2, 0) is 0 Å². The second kappa shape index (κ2) is 6.89. The summed E-state index contributed by atoms with van der Waals surface area (Å²) in [6, 6.07) is 3.82. The molecule has 3 heterocycles. The smallest absolute Gasteiger partial charge is 0.264 e. The van der Waals surface area contributed by atoms with E-state index in [2.05, 4.69) is 30.7 Å². The molecule has 2 aromatic rings. The molecule has 24 heavy (non-hydrogen) atoms. The van der Waals surface area contributed by atoms with Crippen molar-refractivity contribution in [3.05, 3.63) is 39.5 Å². The number of nitrogens with zero attached hydrogens (tertiary/aromatic N) is 4. The van der Waals surface area contributed by atoms with Crippen molar-refractivity contribution in [1.82, 2.24) is 14.9 Å². The van der Waals surface area contributed by atoms with Crippen molar-refractivity contribution in [2.75, 3.05) is 31.1 Å². The van der Waals surface area contributed by atoms with Crippen molar-refractivity contribution in [2.24, 2.45) is 0 Å². The zero-order valence-electron chi connectivity index (χ0n) is 14.7. The molecule has 2 aromatic heterocycles. The van der Waals surface area contributed by atoms with Crippen LogP contribution in [0, 0.1) is 13.8 Å². The maximum absolute atomic E-state index is 12.5. The summed E-state index contributed by atoms with van der Waals surface area (Å²) in [6.45, 7) is 11.5. The summed E-state index contributed by atoms with van der Waals surface area (Å²) < 4.78 is 0. The molecule has 1 amide bonds. The number of hydrogen-bond donors (Lipinski definition) is 0. The van der Waals surface area contributed by atoms with Crippen LogP contribution in [0.2, 0.25) is 0 Å². The number of piperazine rings is 1. The van der Waals surface area contributed by atoms with Crippen molar-refractivity contribution < 1.29 is 4.79 Å². The summed E-state index contributed by atoms with van der Waals surface area (Å²) in [5, 5.41) is 1.95. The molecule has 0 aromatic carbocycles. The third-order valence-corrected chi connectivity index (χ3v) is 5.26. The van der Waals surface area contributed by atoms with Gasteiger partial charge in [-0.15, -0.1) is 11.3 Å². The van der Waals surface area contributed by atoms with Gasteiger partial charge in [-0.1, -0.05) is 19.9 Å². The van der Waals surface area contributed by atoms with Crippen molar-refractivity contribution in [3.63, 3.8) is 0 Å². The van der Waals surface area contributed by atoms with Crippen LogP contribution in [0.15, 0.2) is 17.5 Å². The van der Waals surface area contributed by atoms with Gasteiger partial charge in [0, 0.05) is 37.4 Å².